The van der Waals surface area contributed by atoms with E-state index in [4.69, 9.17) is 0 Å². The summed E-state index contributed by atoms with van der Waals surface area (Å²) in [4.78, 5) is 44.4. The van der Waals surface area contributed by atoms with E-state index in [2.05, 4.69) is 39.4 Å². The molecule has 9 heteroatoms. The predicted octanol–water partition coefficient (Wildman–Crippen LogP) is 0.722. The second-order valence-electron chi connectivity index (χ2n) is 9.17. The van der Waals surface area contributed by atoms with E-state index in [9.17, 15) is 14.4 Å². The summed E-state index contributed by atoms with van der Waals surface area (Å²) in [6.07, 6.45) is 1.67. The van der Waals surface area contributed by atoms with E-state index in [1.54, 1.807) is 4.57 Å². The number of nitrogens with zero attached hydrogens (tertiary/aromatic N) is 5. The number of amides is 1. The third kappa shape index (κ3) is 5.35. The minimum atomic E-state index is -0.316. The second-order valence-corrected chi connectivity index (χ2v) is 9.17. The molecule has 0 radical (unpaired) electrons. The SMILES string of the molecule is CCn1c(N2CCC[C@@H](C(=O)NCCN3CCN(c4ccccc4)CC3)C2)cc(=O)n(C)c1=O. The fourth-order valence-corrected chi connectivity index (χ4v) is 4.97. The number of carbonyl (C=O) groups excluding carboxylic acids is 1. The molecule has 1 atom stereocenters. The molecule has 1 aromatic carbocycles. The molecule has 1 N–H and O–H groups in total. The Hall–Kier alpha value is -3.07. The van der Waals surface area contributed by atoms with Crippen LogP contribution in [0.25, 0.3) is 0 Å². The maximum Gasteiger partial charge on any atom is 0.332 e. The highest BCUT2D eigenvalue weighted by molar-refractivity contribution is 5.79. The topological polar surface area (TPSA) is 82.8 Å². The Morgan fingerprint density at radius 3 is 2.47 bits per heavy atom. The largest absolute Gasteiger partial charge is 0.369 e. The lowest BCUT2D eigenvalue weighted by Gasteiger charge is -2.36. The summed E-state index contributed by atoms with van der Waals surface area (Å²) in [6.45, 7) is 9.06. The summed E-state index contributed by atoms with van der Waals surface area (Å²) in [5.74, 6) is 0.527. The zero-order valence-electron chi connectivity index (χ0n) is 20.3. The van der Waals surface area contributed by atoms with Gasteiger partial charge in [-0.1, -0.05) is 18.2 Å². The molecule has 2 fully saturated rings. The van der Waals surface area contributed by atoms with E-state index in [-0.39, 0.29) is 23.1 Å². The number of hydrogen-bond donors (Lipinski definition) is 1. The van der Waals surface area contributed by atoms with E-state index in [0.717, 1.165) is 56.7 Å². The summed E-state index contributed by atoms with van der Waals surface area (Å²) >= 11 is 0. The van der Waals surface area contributed by atoms with Gasteiger partial charge >= 0.3 is 5.69 Å². The molecule has 2 aliphatic heterocycles. The zero-order valence-corrected chi connectivity index (χ0v) is 20.3. The average Bonchev–Trinajstić information content (AvgIpc) is 2.88. The van der Waals surface area contributed by atoms with Gasteiger partial charge in [0, 0.05) is 77.7 Å². The molecule has 34 heavy (non-hydrogen) atoms. The van der Waals surface area contributed by atoms with Gasteiger partial charge in [-0.15, -0.1) is 0 Å². The van der Waals surface area contributed by atoms with E-state index < -0.39 is 0 Å². The van der Waals surface area contributed by atoms with Gasteiger partial charge in [0.05, 0.1) is 5.92 Å². The number of hydrogen-bond acceptors (Lipinski definition) is 6. The van der Waals surface area contributed by atoms with E-state index in [0.29, 0.717) is 25.5 Å². The monoisotopic (exact) mass is 468 g/mol. The van der Waals surface area contributed by atoms with Crippen molar-refractivity contribution in [2.75, 3.05) is 62.2 Å². The van der Waals surface area contributed by atoms with Gasteiger partial charge in [0.1, 0.15) is 5.82 Å². The van der Waals surface area contributed by atoms with Crippen LogP contribution in [-0.2, 0) is 18.4 Å². The Morgan fingerprint density at radius 2 is 1.76 bits per heavy atom. The Morgan fingerprint density at radius 1 is 1.03 bits per heavy atom. The van der Waals surface area contributed by atoms with Crippen molar-refractivity contribution in [1.82, 2.24) is 19.4 Å². The Bertz CT molecular complexity index is 1090. The fraction of sp³-hybridized carbons (Fsp3) is 0.560. The van der Waals surface area contributed by atoms with Gasteiger partial charge in [-0.2, -0.15) is 0 Å². The molecule has 0 spiro atoms. The van der Waals surface area contributed by atoms with Crippen molar-refractivity contribution in [2.45, 2.75) is 26.3 Å². The number of para-hydroxylation sites is 1. The first-order valence-electron chi connectivity index (χ1n) is 12.3. The van der Waals surface area contributed by atoms with Crippen molar-refractivity contribution in [2.24, 2.45) is 13.0 Å². The average molecular weight is 469 g/mol. The molecule has 0 bridgehead atoms. The lowest BCUT2D eigenvalue weighted by Crippen LogP contribution is -2.50. The van der Waals surface area contributed by atoms with E-state index >= 15 is 0 Å². The molecule has 0 unspecified atom stereocenters. The lowest BCUT2D eigenvalue weighted by molar-refractivity contribution is -0.125. The van der Waals surface area contributed by atoms with Crippen LogP contribution in [0.4, 0.5) is 11.5 Å². The number of piperazine rings is 1. The normalized spacial score (nSPS) is 19.3. The molecule has 4 rings (SSSR count). The van der Waals surface area contributed by atoms with Crippen LogP contribution in [0, 0.1) is 5.92 Å². The smallest absolute Gasteiger partial charge is 0.332 e. The molecule has 2 aromatic rings. The number of aromatic nitrogens is 2. The number of anilines is 2. The standard InChI is InChI=1S/C25H36N6O3/c1-3-31-22(18-23(32)27(2)25(31)34)30-12-7-8-20(19-30)24(33)26-11-13-28-14-16-29(17-15-28)21-9-5-4-6-10-21/h4-6,9-10,18,20H,3,7-8,11-17,19H2,1-2H3,(H,26,33)/t20-/m1/s1. The number of nitrogens with one attached hydrogen (secondary N) is 1. The van der Waals surface area contributed by atoms with Gasteiger partial charge in [-0.3, -0.25) is 23.6 Å². The summed E-state index contributed by atoms with van der Waals surface area (Å²) in [5.41, 5.74) is 0.634. The number of rotatable bonds is 7. The van der Waals surface area contributed by atoms with Gasteiger partial charge in [0.2, 0.25) is 5.91 Å². The molecule has 184 valence electrons. The molecule has 1 aromatic heterocycles. The summed E-state index contributed by atoms with van der Waals surface area (Å²) in [7, 11) is 1.49. The van der Waals surface area contributed by atoms with Crippen molar-refractivity contribution in [3.63, 3.8) is 0 Å². The van der Waals surface area contributed by atoms with Gasteiger partial charge < -0.3 is 15.1 Å². The highest BCUT2D eigenvalue weighted by Crippen LogP contribution is 2.22. The molecule has 0 saturated carbocycles. The van der Waals surface area contributed by atoms with Crippen LogP contribution in [-0.4, -0.2) is 72.3 Å². The Balaban J connectivity index is 1.27. The highest BCUT2D eigenvalue weighted by atomic mass is 16.2. The first kappa shape index (κ1) is 24.1. The molecule has 9 nitrogen and oxygen atoms in total. The van der Waals surface area contributed by atoms with Gasteiger partial charge in [0.15, 0.2) is 0 Å². The lowest BCUT2D eigenvalue weighted by atomic mass is 9.97. The zero-order chi connectivity index (χ0) is 24.1. The maximum absolute atomic E-state index is 12.9. The van der Waals surface area contributed by atoms with Crippen LogP contribution in [0.15, 0.2) is 46.0 Å². The second kappa shape index (κ2) is 10.9. The summed E-state index contributed by atoms with van der Waals surface area (Å²) in [5, 5.41) is 3.12. The summed E-state index contributed by atoms with van der Waals surface area (Å²) < 4.78 is 2.73. The first-order chi connectivity index (χ1) is 16.5. The fourth-order valence-electron chi connectivity index (χ4n) is 4.97. The molecule has 0 aliphatic carbocycles. The highest BCUT2D eigenvalue weighted by Gasteiger charge is 2.28. The van der Waals surface area contributed by atoms with Crippen LogP contribution >= 0.6 is 0 Å². The van der Waals surface area contributed by atoms with Gasteiger partial charge in [-0.05, 0) is 31.9 Å². The van der Waals surface area contributed by atoms with Crippen molar-refractivity contribution < 1.29 is 4.79 Å². The number of piperidine rings is 1. The van der Waals surface area contributed by atoms with Crippen LogP contribution < -0.4 is 26.4 Å². The van der Waals surface area contributed by atoms with Gasteiger partial charge in [-0.25, -0.2) is 4.79 Å². The van der Waals surface area contributed by atoms with Crippen molar-refractivity contribution in [3.8, 4) is 0 Å². The van der Waals surface area contributed by atoms with Crippen LogP contribution in [0.5, 0.6) is 0 Å². The molecule has 1 amide bonds. The third-order valence-corrected chi connectivity index (χ3v) is 7.03. The number of benzene rings is 1. The van der Waals surface area contributed by atoms with Crippen molar-refractivity contribution in [1.29, 1.82) is 0 Å². The van der Waals surface area contributed by atoms with Gasteiger partial charge in [0.25, 0.3) is 5.56 Å². The minimum absolute atomic E-state index is 0.0573. The molecule has 2 aliphatic rings. The third-order valence-electron chi connectivity index (χ3n) is 7.03. The molecule has 2 saturated heterocycles. The number of carbonyl (C=O) groups is 1. The maximum atomic E-state index is 12.9. The Kier molecular flexibility index (Phi) is 7.72. The molecular weight excluding hydrogens is 432 g/mol. The Labute approximate surface area is 200 Å². The van der Waals surface area contributed by atoms with Crippen LogP contribution in [0.2, 0.25) is 0 Å². The van der Waals surface area contributed by atoms with Crippen molar-refractivity contribution in [3.05, 3.63) is 57.2 Å². The predicted molar refractivity (Wildman–Crippen MR) is 135 cm³/mol. The molecular formula is C25H36N6O3. The van der Waals surface area contributed by atoms with E-state index in [1.165, 1.54) is 18.8 Å². The van der Waals surface area contributed by atoms with E-state index in [1.807, 2.05) is 17.9 Å². The summed E-state index contributed by atoms with van der Waals surface area (Å²) in [6, 6.07) is 12.0. The minimum Gasteiger partial charge on any atom is -0.369 e. The van der Waals surface area contributed by atoms with Crippen molar-refractivity contribution >= 4 is 17.4 Å². The van der Waals surface area contributed by atoms with Crippen LogP contribution in [0.1, 0.15) is 19.8 Å². The van der Waals surface area contributed by atoms with Crippen LogP contribution in [0.3, 0.4) is 0 Å². The first-order valence-corrected chi connectivity index (χ1v) is 12.3. The molecule has 3 heterocycles. The quantitative estimate of drug-likeness (QED) is 0.645.